The van der Waals surface area contributed by atoms with E-state index in [0.29, 0.717) is 13.2 Å². The molecular weight excluding hydrogens is 251 g/mol. The van der Waals surface area contributed by atoms with Crippen molar-refractivity contribution in [3.63, 3.8) is 0 Å². The van der Waals surface area contributed by atoms with Crippen LogP contribution in [-0.2, 0) is 18.1 Å². The van der Waals surface area contributed by atoms with Gasteiger partial charge >= 0.3 is 7.82 Å². The molecule has 0 spiro atoms. The average Bonchev–Trinajstić information content (AvgIpc) is 2.28. The summed E-state index contributed by atoms with van der Waals surface area (Å²) in [4.78, 5) is 0. The highest BCUT2D eigenvalue weighted by Gasteiger charge is 2.29. The van der Waals surface area contributed by atoms with E-state index in [9.17, 15) is 4.57 Å². The first-order valence-corrected chi connectivity index (χ1v) is 8.48. The van der Waals surface area contributed by atoms with E-state index < -0.39 is 7.82 Å². The zero-order chi connectivity index (χ0) is 14.0. The lowest BCUT2D eigenvalue weighted by atomic mass is 10.1. The fourth-order valence-corrected chi connectivity index (χ4v) is 2.80. The van der Waals surface area contributed by atoms with Crippen LogP contribution in [0, 0.1) is 5.92 Å². The van der Waals surface area contributed by atoms with Crippen LogP contribution < -0.4 is 0 Å². The Morgan fingerprint density at radius 2 is 1.67 bits per heavy atom. The average molecular weight is 280 g/mol. The molecule has 2 unspecified atom stereocenters. The van der Waals surface area contributed by atoms with E-state index in [1.165, 1.54) is 12.8 Å². The quantitative estimate of drug-likeness (QED) is 0.403. The summed E-state index contributed by atoms with van der Waals surface area (Å²) in [5.41, 5.74) is 0. The summed E-state index contributed by atoms with van der Waals surface area (Å²) >= 11 is 0. The molecule has 0 heterocycles. The van der Waals surface area contributed by atoms with Gasteiger partial charge < -0.3 is 0 Å². The standard InChI is InChI=1S/C13H29O4P/c1-6-8-9-10-11-16-18(14,15-7-2)17-13(5)12(3)4/h12-13H,6-11H2,1-5H3. The predicted octanol–water partition coefficient (Wildman–Crippen LogP) is 4.79. The highest BCUT2D eigenvalue weighted by Crippen LogP contribution is 2.51. The van der Waals surface area contributed by atoms with Crippen molar-refractivity contribution in [2.45, 2.75) is 66.4 Å². The smallest absolute Gasteiger partial charge is 0.287 e. The molecule has 0 aromatic heterocycles. The summed E-state index contributed by atoms with van der Waals surface area (Å²) < 4.78 is 28.3. The second-order valence-corrected chi connectivity index (χ2v) is 6.44. The Morgan fingerprint density at radius 3 is 2.17 bits per heavy atom. The van der Waals surface area contributed by atoms with Crippen molar-refractivity contribution in [3.8, 4) is 0 Å². The number of unbranched alkanes of at least 4 members (excludes halogenated alkanes) is 3. The minimum Gasteiger partial charge on any atom is -0.287 e. The SMILES string of the molecule is CCCCCCOP(=O)(OCC)OC(C)C(C)C. The largest absolute Gasteiger partial charge is 0.475 e. The molecule has 0 aliphatic rings. The maximum atomic E-state index is 12.3. The van der Waals surface area contributed by atoms with Gasteiger partial charge in [-0.05, 0) is 26.2 Å². The van der Waals surface area contributed by atoms with Crippen molar-refractivity contribution in [2.75, 3.05) is 13.2 Å². The lowest BCUT2D eigenvalue weighted by molar-refractivity contribution is 0.0682. The van der Waals surface area contributed by atoms with Crippen molar-refractivity contribution in [1.82, 2.24) is 0 Å². The summed E-state index contributed by atoms with van der Waals surface area (Å²) in [6.07, 6.45) is 4.18. The van der Waals surface area contributed by atoms with Gasteiger partial charge in [-0.2, -0.15) is 0 Å². The minimum absolute atomic E-state index is 0.141. The minimum atomic E-state index is -3.38. The van der Waals surface area contributed by atoms with Crippen LogP contribution in [0.3, 0.4) is 0 Å². The van der Waals surface area contributed by atoms with E-state index >= 15 is 0 Å². The Morgan fingerprint density at radius 1 is 1.00 bits per heavy atom. The highest BCUT2D eigenvalue weighted by atomic mass is 31.2. The van der Waals surface area contributed by atoms with Gasteiger partial charge in [-0.25, -0.2) is 4.57 Å². The number of phosphoric acid groups is 1. The van der Waals surface area contributed by atoms with Crippen LogP contribution in [0.5, 0.6) is 0 Å². The van der Waals surface area contributed by atoms with Crippen molar-refractivity contribution in [3.05, 3.63) is 0 Å². The molecule has 0 fully saturated rings. The molecule has 0 bridgehead atoms. The number of phosphoric ester groups is 1. The molecule has 18 heavy (non-hydrogen) atoms. The first-order valence-electron chi connectivity index (χ1n) is 7.02. The molecule has 110 valence electrons. The zero-order valence-electron chi connectivity index (χ0n) is 12.5. The van der Waals surface area contributed by atoms with E-state index in [4.69, 9.17) is 13.6 Å². The molecular formula is C13H29O4P. The van der Waals surface area contributed by atoms with Crippen molar-refractivity contribution in [2.24, 2.45) is 5.92 Å². The molecule has 0 aromatic carbocycles. The fourth-order valence-electron chi connectivity index (χ4n) is 1.29. The molecule has 0 saturated heterocycles. The molecule has 5 heteroatoms. The molecule has 0 saturated carbocycles. The second-order valence-electron chi connectivity index (χ2n) is 4.81. The van der Waals surface area contributed by atoms with E-state index in [-0.39, 0.29) is 12.0 Å². The fraction of sp³-hybridized carbons (Fsp3) is 1.00. The molecule has 4 nitrogen and oxygen atoms in total. The van der Waals surface area contributed by atoms with E-state index in [1.807, 2.05) is 20.8 Å². The Hall–Kier alpha value is 0.110. The molecule has 0 aromatic rings. The third kappa shape index (κ3) is 8.25. The highest BCUT2D eigenvalue weighted by molar-refractivity contribution is 7.48. The first-order chi connectivity index (χ1) is 8.45. The molecule has 0 N–H and O–H groups in total. The Labute approximate surface area is 112 Å². The van der Waals surface area contributed by atoms with Crippen LogP contribution >= 0.6 is 7.82 Å². The molecule has 0 radical (unpaired) electrons. The Kier molecular flexibility index (Phi) is 10.0. The van der Waals surface area contributed by atoms with E-state index in [2.05, 4.69) is 6.92 Å². The summed E-state index contributed by atoms with van der Waals surface area (Å²) in [7, 11) is -3.38. The van der Waals surface area contributed by atoms with E-state index in [0.717, 1.165) is 12.8 Å². The van der Waals surface area contributed by atoms with Gasteiger partial charge in [0.15, 0.2) is 0 Å². The van der Waals surface area contributed by atoms with Gasteiger partial charge in [0.2, 0.25) is 0 Å². The normalized spacial score (nSPS) is 16.8. The van der Waals surface area contributed by atoms with Gasteiger partial charge in [-0.15, -0.1) is 0 Å². The lowest BCUT2D eigenvalue weighted by Gasteiger charge is -2.23. The van der Waals surface area contributed by atoms with E-state index in [1.54, 1.807) is 6.92 Å². The van der Waals surface area contributed by atoms with Crippen LogP contribution in [0.25, 0.3) is 0 Å². The maximum absolute atomic E-state index is 12.3. The summed E-state index contributed by atoms with van der Waals surface area (Å²) in [5.74, 6) is 0.280. The second kappa shape index (κ2) is 9.96. The third-order valence-electron chi connectivity index (χ3n) is 2.77. The van der Waals surface area contributed by atoms with Gasteiger partial charge in [0.25, 0.3) is 0 Å². The van der Waals surface area contributed by atoms with Gasteiger partial charge in [0.1, 0.15) is 0 Å². The predicted molar refractivity (Wildman–Crippen MR) is 74.7 cm³/mol. The molecule has 0 rings (SSSR count). The number of hydrogen-bond donors (Lipinski definition) is 0. The Bertz CT molecular complexity index is 243. The van der Waals surface area contributed by atoms with Crippen molar-refractivity contribution < 1.29 is 18.1 Å². The molecule has 2 atom stereocenters. The van der Waals surface area contributed by atoms with Crippen LogP contribution in [-0.4, -0.2) is 19.3 Å². The molecule has 0 aliphatic carbocycles. The van der Waals surface area contributed by atoms with Crippen LogP contribution in [0.1, 0.15) is 60.3 Å². The van der Waals surface area contributed by atoms with Gasteiger partial charge in [0.05, 0.1) is 19.3 Å². The summed E-state index contributed by atoms with van der Waals surface area (Å²) in [6, 6.07) is 0. The van der Waals surface area contributed by atoms with Gasteiger partial charge in [-0.3, -0.25) is 13.6 Å². The van der Waals surface area contributed by atoms with Crippen LogP contribution in [0.15, 0.2) is 0 Å². The third-order valence-corrected chi connectivity index (χ3v) is 4.43. The molecule has 0 amide bonds. The topological polar surface area (TPSA) is 44.8 Å². The number of rotatable bonds is 11. The van der Waals surface area contributed by atoms with Gasteiger partial charge in [0, 0.05) is 0 Å². The summed E-state index contributed by atoms with van der Waals surface area (Å²) in [5, 5.41) is 0. The number of hydrogen-bond acceptors (Lipinski definition) is 4. The zero-order valence-corrected chi connectivity index (χ0v) is 13.4. The lowest BCUT2D eigenvalue weighted by Crippen LogP contribution is -2.16. The first kappa shape index (κ1) is 18.1. The van der Waals surface area contributed by atoms with Crippen LogP contribution in [0.2, 0.25) is 0 Å². The van der Waals surface area contributed by atoms with Crippen LogP contribution in [0.4, 0.5) is 0 Å². The van der Waals surface area contributed by atoms with Crippen molar-refractivity contribution in [1.29, 1.82) is 0 Å². The monoisotopic (exact) mass is 280 g/mol. The maximum Gasteiger partial charge on any atom is 0.475 e. The van der Waals surface area contributed by atoms with Gasteiger partial charge in [-0.1, -0.05) is 40.0 Å². The summed E-state index contributed by atoms with van der Waals surface area (Å²) in [6.45, 7) is 10.6. The molecule has 0 aliphatic heterocycles. The van der Waals surface area contributed by atoms with Crippen molar-refractivity contribution >= 4 is 7.82 Å². The Balaban J connectivity index is 4.13.